The molecule has 152 valence electrons. The highest BCUT2D eigenvalue weighted by Crippen LogP contribution is 2.22. The van der Waals surface area contributed by atoms with Gasteiger partial charge in [0, 0.05) is 61.6 Å². The van der Waals surface area contributed by atoms with Gasteiger partial charge in [0.2, 0.25) is 0 Å². The van der Waals surface area contributed by atoms with E-state index in [4.69, 9.17) is 0 Å². The van der Waals surface area contributed by atoms with Crippen molar-refractivity contribution in [3.8, 4) is 5.69 Å². The minimum absolute atomic E-state index is 0.406. The van der Waals surface area contributed by atoms with Crippen LogP contribution in [-0.2, 0) is 6.42 Å². The predicted molar refractivity (Wildman–Crippen MR) is 117 cm³/mol. The monoisotopic (exact) mass is 390 g/mol. The molecule has 4 rings (SSSR count). The van der Waals surface area contributed by atoms with Crippen LogP contribution in [0.2, 0.25) is 0 Å². The molecule has 0 radical (unpaired) electrons. The molecule has 1 N–H and O–H groups in total. The topological polar surface area (TPSA) is 58.9 Å². The van der Waals surface area contributed by atoms with Gasteiger partial charge < -0.3 is 10.2 Å². The molecule has 6 nitrogen and oxygen atoms in total. The minimum Gasteiger partial charge on any atom is -0.371 e. The average molecular weight is 391 g/mol. The van der Waals surface area contributed by atoms with Crippen LogP contribution in [0.25, 0.3) is 5.69 Å². The van der Waals surface area contributed by atoms with Crippen LogP contribution in [0.3, 0.4) is 0 Å². The van der Waals surface area contributed by atoms with Crippen molar-refractivity contribution in [2.75, 3.05) is 18.0 Å². The molecule has 0 spiro atoms. The second-order valence-corrected chi connectivity index (χ2v) is 8.09. The van der Waals surface area contributed by atoms with E-state index in [9.17, 15) is 0 Å². The Hall–Kier alpha value is -2.73. The molecule has 3 heterocycles. The van der Waals surface area contributed by atoms with Crippen LogP contribution in [0, 0.1) is 13.8 Å². The molecule has 1 aromatic carbocycles. The molecule has 6 heteroatoms. The number of hydrogen-bond donors (Lipinski definition) is 1. The smallest absolute Gasteiger partial charge is 0.0650 e. The van der Waals surface area contributed by atoms with Crippen LogP contribution in [-0.4, -0.2) is 44.9 Å². The van der Waals surface area contributed by atoms with E-state index in [2.05, 4.69) is 69.5 Å². The van der Waals surface area contributed by atoms with Gasteiger partial charge in [0.1, 0.15) is 0 Å². The van der Waals surface area contributed by atoms with E-state index < -0.39 is 0 Å². The summed E-state index contributed by atoms with van der Waals surface area (Å²) in [5, 5.41) is 8.35. The van der Waals surface area contributed by atoms with Crippen LogP contribution in [0.15, 0.2) is 48.9 Å². The number of benzene rings is 1. The SMILES string of the molecule is Cc1cc(C)n(-c2ccc(N3CCC(NC(C)Cc4cnccn4)CC3)cc2)n1. The lowest BCUT2D eigenvalue weighted by Gasteiger charge is -2.35. The summed E-state index contributed by atoms with van der Waals surface area (Å²) >= 11 is 0. The zero-order chi connectivity index (χ0) is 20.2. The lowest BCUT2D eigenvalue weighted by Crippen LogP contribution is -2.46. The number of nitrogens with zero attached hydrogens (tertiary/aromatic N) is 5. The fourth-order valence-electron chi connectivity index (χ4n) is 4.21. The number of rotatable bonds is 6. The van der Waals surface area contributed by atoms with E-state index in [0.717, 1.165) is 55.1 Å². The molecule has 1 atom stereocenters. The third kappa shape index (κ3) is 4.82. The molecule has 3 aromatic rings. The fourth-order valence-corrected chi connectivity index (χ4v) is 4.21. The Morgan fingerprint density at radius 2 is 1.79 bits per heavy atom. The summed E-state index contributed by atoms with van der Waals surface area (Å²) in [6.45, 7) is 8.52. The number of nitrogens with one attached hydrogen (secondary N) is 1. The minimum atomic E-state index is 0.406. The highest BCUT2D eigenvalue weighted by atomic mass is 15.3. The Morgan fingerprint density at radius 1 is 1.07 bits per heavy atom. The quantitative estimate of drug-likeness (QED) is 0.698. The number of aryl methyl sites for hydroxylation is 2. The third-order valence-corrected chi connectivity index (χ3v) is 5.62. The van der Waals surface area contributed by atoms with Gasteiger partial charge in [-0.3, -0.25) is 9.97 Å². The number of piperidine rings is 1. The van der Waals surface area contributed by atoms with Gasteiger partial charge in [-0.15, -0.1) is 0 Å². The fraction of sp³-hybridized carbons (Fsp3) is 0.435. The van der Waals surface area contributed by atoms with Crippen LogP contribution in [0.5, 0.6) is 0 Å². The summed E-state index contributed by atoms with van der Waals surface area (Å²) in [4.78, 5) is 11.0. The first-order valence-electron chi connectivity index (χ1n) is 10.5. The first kappa shape index (κ1) is 19.6. The van der Waals surface area contributed by atoms with E-state index in [0.29, 0.717) is 12.1 Å². The van der Waals surface area contributed by atoms with Gasteiger partial charge in [0.05, 0.1) is 17.1 Å². The molecule has 1 saturated heterocycles. The van der Waals surface area contributed by atoms with E-state index in [-0.39, 0.29) is 0 Å². The summed E-state index contributed by atoms with van der Waals surface area (Å²) in [5.74, 6) is 0. The molecule has 0 bridgehead atoms. The van der Waals surface area contributed by atoms with Gasteiger partial charge in [-0.2, -0.15) is 5.10 Å². The molecule has 1 aliphatic rings. The van der Waals surface area contributed by atoms with Crippen molar-refractivity contribution in [3.63, 3.8) is 0 Å². The van der Waals surface area contributed by atoms with Crippen LogP contribution < -0.4 is 10.2 Å². The summed E-state index contributed by atoms with van der Waals surface area (Å²) in [6, 6.07) is 11.9. The highest BCUT2D eigenvalue weighted by molar-refractivity contribution is 5.51. The molecular weight excluding hydrogens is 360 g/mol. The second kappa shape index (κ2) is 8.74. The Balaban J connectivity index is 1.29. The van der Waals surface area contributed by atoms with Crippen LogP contribution >= 0.6 is 0 Å². The summed E-state index contributed by atoms with van der Waals surface area (Å²) in [5.41, 5.74) is 5.68. The van der Waals surface area contributed by atoms with Gasteiger partial charge >= 0.3 is 0 Å². The molecule has 0 amide bonds. The molecule has 1 unspecified atom stereocenters. The zero-order valence-electron chi connectivity index (χ0n) is 17.5. The Bertz CT molecular complexity index is 910. The van der Waals surface area contributed by atoms with Crippen molar-refractivity contribution in [3.05, 3.63) is 66.0 Å². The summed E-state index contributed by atoms with van der Waals surface area (Å²) in [6.07, 6.45) is 8.58. The molecule has 0 aliphatic carbocycles. The largest absolute Gasteiger partial charge is 0.371 e. The van der Waals surface area contributed by atoms with Crippen LogP contribution in [0.4, 0.5) is 5.69 Å². The maximum atomic E-state index is 4.58. The Kier molecular flexibility index (Phi) is 5.90. The van der Waals surface area contributed by atoms with Gasteiger partial charge in [0.15, 0.2) is 0 Å². The second-order valence-electron chi connectivity index (χ2n) is 8.09. The lowest BCUT2D eigenvalue weighted by molar-refractivity contribution is 0.374. The van der Waals surface area contributed by atoms with Crippen molar-refractivity contribution in [1.29, 1.82) is 0 Å². The molecule has 29 heavy (non-hydrogen) atoms. The van der Waals surface area contributed by atoms with E-state index in [1.807, 2.05) is 17.8 Å². The third-order valence-electron chi connectivity index (χ3n) is 5.62. The lowest BCUT2D eigenvalue weighted by atomic mass is 10.0. The maximum absolute atomic E-state index is 4.58. The summed E-state index contributed by atoms with van der Waals surface area (Å²) < 4.78 is 2.01. The van der Waals surface area contributed by atoms with Gasteiger partial charge in [-0.25, -0.2) is 4.68 Å². The zero-order valence-corrected chi connectivity index (χ0v) is 17.5. The van der Waals surface area contributed by atoms with E-state index >= 15 is 0 Å². The maximum Gasteiger partial charge on any atom is 0.0650 e. The molecule has 1 fully saturated rings. The predicted octanol–water partition coefficient (Wildman–Crippen LogP) is 3.47. The molecule has 2 aromatic heterocycles. The van der Waals surface area contributed by atoms with Crippen molar-refractivity contribution < 1.29 is 0 Å². The first-order valence-corrected chi connectivity index (χ1v) is 10.5. The van der Waals surface area contributed by atoms with Crippen molar-refractivity contribution in [1.82, 2.24) is 25.1 Å². The Morgan fingerprint density at radius 3 is 2.41 bits per heavy atom. The molecule has 0 saturated carbocycles. The number of hydrogen-bond acceptors (Lipinski definition) is 5. The summed E-state index contributed by atoms with van der Waals surface area (Å²) in [7, 11) is 0. The van der Waals surface area contributed by atoms with Crippen molar-refractivity contribution >= 4 is 5.69 Å². The van der Waals surface area contributed by atoms with E-state index in [1.165, 1.54) is 5.69 Å². The van der Waals surface area contributed by atoms with Crippen molar-refractivity contribution in [2.24, 2.45) is 0 Å². The normalized spacial score (nSPS) is 16.2. The Labute approximate surface area is 173 Å². The van der Waals surface area contributed by atoms with Gasteiger partial charge in [0.25, 0.3) is 0 Å². The number of anilines is 1. The standard InChI is InChI=1S/C23H30N6/c1-17(15-21-16-24-10-11-25-21)26-20-8-12-28(13-9-20)22-4-6-23(7-5-22)29-19(3)14-18(2)27-29/h4-7,10-11,14,16-17,20,26H,8-9,12-13,15H2,1-3H3. The molecular formula is C23H30N6. The van der Waals surface area contributed by atoms with Gasteiger partial charge in [-0.05, 0) is 63.9 Å². The first-order chi connectivity index (χ1) is 14.1. The van der Waals surface area contributed by atoms with E-state index in [1.54, 1.807) is 12.4 Å². The van der Waals surface area contributed by atoms with Crippen molar-refractivity contribution in [2.45, 2.75) is 52.1 Å². The molecule has 1 aliphatic heterocycles. The van der Waals surface area contributed by atoms with Crippen LogP contribution in [0.1, 0.15) is 36.8 Å². The highest BCUT2D eigenvalue weighted by Gasteiger charge is 2.21. The van der Waals surface area contributed by atoms with Gasteiger partial charge in [-0.1, -0.05) is 0 Å². The number of aromatic nitrogens is 4. The average Bonchev–Trinajstić information content (AvgIpc) is 3.07.